The van der Waals surface area contributed by atoms with E-state index in [4.69, 9.17) is 10.2 Å². The molecule has 0 aliphatic rings. The van der Waals surface area contributed by atoms with Crippen LogP contribution in [0.2, 0.25) is 0 Å². The number of carboxylic acids is 1. The Balaban J connectivity index is 2.11. The third-order valence-corrected chi connectivity index (χ3v) is 6.05. The highest BCUT2D eigenvalue weighted by Crippen LogP contribution is 2.24. The normalized spacial score (nSPS) is 12.6. The first-order chi connectivity index (χ1) is 13.9. The van der Waals surface area contributed by atoms with Gasteiger partial charge in [-0.05, 0) is 0 Å². The van der Waals surface area contributed by atoms with Crippen LogP contribution in [-0.2, 0) is 9.59 Å². The van der Waals surface area contributed by atoms with Gasteiger partial charge >= 0.3 is 5.97 Å². The number of carbonyl (C=O) groups excluding carboxylic acids is 3. The summed E-state index contributed by atoms with van der Waals surface area (Å²) < 4.78 is 0. The van der Waals surface area contributed by atoms with Crippen LogP contribution >= 0.6 is 23.5 Å². The lowest BCUT2D eigenvalue weighted by Crippen LogP contribution is -2.47. The van der Waals surface area contributed by atoms with Gasteiger partial charge in [0.15, 0.2) is 0 Å². The van der Waals surface area contributed by atoms with Crippen molar-refractivity contribution in [2.45, 2.75) is 11.3 Å². The molecule has 0 aliphatic heterocycles. The molecule has 1 amide bonds. The maximum absolute atomic E-state index is 12.5. The summed E-state index contributed by atoms with van der Waals surface area (Å²) >= 11 is 1.57. The summed E-state index contributed by atoms with van der Waals surface area (Å²) in [7, 11) is 0. The van der Waals surface area contributed by atoms with Gasteiger partial charge in [0.05, 0.1) is 6.61 Å². The molecule has 0 aromatic heterocycles. The number of nitrogens with one attached hydrogen (secondary N) is 1. The number of carboxylic acid groups (broad SMARTS) is 1. The summed E-state index contributed by atoms with van der Waals surface area (Å²) in [5.74, 6) is -2.18. The molecule has 29 heavy (non-hydrogen) atoms. The van der Waals surface area contributed by atoms with E-state index in [-0.39, 0.29) is 16.0 Å². The van der Waals surface area contributed by atoms with Crippen molar-refractivity contribution in [1.29, 1.82) is 0 Å². The van der Waals surface area contributed by atoms with Gasteiger partial charge in [0, 0.05) is 16.9 Å². The molecular formula is C20H19NO6S2. The molecule has 2 rings (SSSR count). The summed E-state index contributed by atoms with van der Waals surface area (Å²) in [6.07, 6.45) is 0. The van der Waals surface area contributed by atoms with Crippen molar-refractivity contribution in [1.82, 2.24) is 5.32 Å². The van der Waals surface area contributed by atoms with E-state index in [0.717, 1.165) is 11.8 Å². The van der Waals surface area contributed by atoms with Crippen molar-refractivity contribution >= 4 is 45.6 Å². The van der Waals surface area contributed by atoms with E-state index in [0.29, 0.717) is 22.9 Å². The number of amides is 1. The number of hydrogen-bond donors (Lipinski definition) is 3. The first kappa shape index (κ1) is 22.7. The molecule has 0 saturated heterocycles. The fraction of sp³-hybridized carbons (Fsp3) is 0.200. The SMILES string of the molecule is O=C(SC[C@@H](SC(=O)c1ccccc1)C(=O)NC(CO)C(=O)O)c1ccccc1. The molecule has 7 nitrogen and oxygen atoms in total. The molecular weight excluding hydrogens is 414 g/mol. The summed E-state index contributed by atoms with van der Waals surface area (Å²) in [5.41, 5.74) is 0.835. The summed E-state index contributed by atoms with van der Waals surface area (Å²) in [4.78, 5) is 48.4. The number of thioether (sulfide) groups is 2. The second-order valence-electron chi connectivity index (χ2n) is 5.81. The van der Waals surface area contributed by atoms with Crippen molar-refractivity contribution in [3.8, 4) is 0 Å². The van der Waals surface area contributed by atoms with Crippen LogP contribution in [0.1, 0.15) is 20.7 Å². The van der Waals surface area contributed by atoms with Crippen molar-refractivity contribution in [3.63, 3.8) is 0 Å². The molecule has 0 fully saturated rings. The van der Waals surface area contributed by atoms with E-state index in [1.165, 1.54) is 0 Å². The Morgan fingerprint density at radius 3 is 1.86 bits per heavy atom. The standard InChI is InChI=1S/C20H19NO6S2/c22-11-15(18(24)25)21-17(23)16(29-20(27)14-9-5-2-6-10-14)12-28-19(26)13-7-3-1-4-8-13/h1-10,15-16,22H,11-12H2,(H,21,23)(H,24,25)/t15?,16-/m1/s1. The maximum Gasteiger partial charge on any atom is 0.328 e. The zero-order valence-electron chi connectivity index (χ0n) is 15.2. The minimum absolute atomic E-state index is 0.0411. The molecule has 0 radical (unpaired) electrons. The third kappa shape index (κ3) is 7.04. The number of carbonyl (C=O) groups is 4. The van der Waals surface area contributed by atoms with E-state index in [9.17, 15) is 19.2 Å². The van der Waals surface area contributed by atoms with Gasteiger partial charge in [0.25, 0.3) is 0 Å². The highest BCUT2D eigenvalue weighted by atomic mass is 32.2. The Kier molecular flexibility index (Phi) is 8.91. The smallest absolute Gasteiger partial charge is 0.328 e. The number of rotatable bonds is 9. The second kappa shape index (κ2) is 11.4. The molecule has 9 heteroatoms. The Bertz CT molecular complexity index is 860. The van der Waals surface area contributed by atoms with Crippen molar-refractivity contribution in [3.05, 3.63) is 71.8 Å². The highest BCUT2D eigenvalue weighted by molar-refractivity contribution is 8.18. The van der Waals surface area contributed by atoms with Crippen LogP contribution < -0.4 is 5.32 Å². The van der Waals surface area contributed by atoms with Gasteiger partial charge in [-0.15, -0.1) is 0 Å². The number of aliphatic hydroxyl groups is 1. The predicted octanol–water partition coefficient (Wildman–Crippen LogP) is 2.06. The van der Waals surface area contributed by atoms with Crippen LogP contribution in [0.5, 0.6) is 0 Å². The summed E-state index contributed by atoms with van der Waals surface area (Å²) in [6, 6.07) is 15.3. The van der Waals surface area contributed by atoms with Gasteiger partial charge in [-0.3, -0.25) is 14.4 Å². The number of hydrogen-bond acceptors (Lipinski definition) is 7. The highest BCUT2D eigenvalue weighted by Gasteiger charge is 2.28. The van der Waals surface area contributed by atoms with Gasteiger partial charge in [0.1, 0.15) is 11.3 Å². The van der Waals surface area contributed by atoms with Gasteiger partial charge in [-0.2, -0.15) is 0 Å². The molecule has 0 heterocycles. The number of aliphatic carboxylic acids is 1. The van der Waals surface area contributed by atoms with Crippen LogP contribution in [0.3, 0.4) is 0 Å². The number of benzene rings is 2. The Labute approximate surface area is 175 Å². The summed E-state index contributed by atoms with van der Waals surface area (Å²) in [5, 5.41) is 18.7. The zero-order chi connectivity index (χ0) is 21.2. The molecule has 152 valence electrons. The van der Waals surface area contributed by atoms with Gasteiger partial charge in [0.2, 0.25) is 16.1 Å². The maximum atomic E-state index is 12.5. The average Bonchev–Trinajstić information content (AvgIpc) is 2.75. The minimum atomic E-state index is -1.49. The Hall–Kier alpha value is -2.62. The van der Waals surface area contributed by atoms with E-state index in [1.54, 1.807) is 60.7 Å². The second-order valence-corrected chi connectivity index (χ2v) is 7.97. The first-order valence-electron chi connectivity index (χ1n) is 8.54. The van der Waals surface area contributed by atoms with Crippen LogP contribution in [0.25, 0.3) is 0 Å². The largest absolute Gasteiger partial charge is 0.480 e. The van der Waals surface area contributed by atoms with E-state index < -0.39 is 29.8 Å². The van der Waals surface area contributed by atoms with E-state index in [1.807, 2.05) is 0 Å². The molecule has 0 saturated carbocycles. The molecule has 2 aromatic carbocycles. The van der Waals surface area contributed by atoms with Gasteiger partial charge < -0.3 is 15.5 Å². The monoisotopic (exact) mass is 433 g/mol. The zero-order valence-corrected chi connectivity index (χ0v) is 16.8. The van der Waals surface area contributed by atoms with Crippen molar-refractivity contribution in [2.75, 3.05) is 12.4 Å². The Morgan fingerprint density at radius 1 is 0.862 bits per heavy atom. The van der Waals surface area contributed by atoms with Gasteiger partial charge in [-0.1, -0.05) is 84.2 Å². The lowest BCUT2D eigenvalue weighted by atomic mass is 10.2. The molecule has 2 atom stereocenters. The molecule has 0 spiro atoms. The minimum Gasteiger partial charge on any atom is -0.480 e. The fourth-order valence-electron chi connectivity index (χ4n) is 2.19. The lowest BCUT2D eigenvalue weighted by Gasteiger charge is -2.18. The van der Waals surface area contributed by atoms with Crippen LogP contribution in [-0.4, -0.2) is 56.0 Å². The van der Waals surface area contributed by atoms with E-state index in [2.05, 4.69) is 5.32 Å². The molecule has 0 bridgehead atoms. The fourth-order valence-corrected chi connectivity index (χ4v) is 4.13. The van der Waals surface area contributed by atoms with Crippen molar-refractivity contribution < 1.29 is 29.4 Å². The van der Waals surface area contributed by atoms with E-state index >= 15 is 0 Å². The quantitative estimate of drug-likeness (QED) is 0.550. The molecule has 3 N–H and O–H groups in total. The van der Waals surface area contributed by atoms with Crippen LogP contribution in [0, 0.1) is 0 Å². The Morgan fingerprint density at radius 2 is 1.38 bits per heavy atom. The van der Waals surface area contributed by atoms with Crippen molar-refractivity contribution in [2.24, 2.45) is 0 Å². The third-order valence-electron chi connectivity index (χ3n) is 3.72. The molecule has 1 unspecified atom stereocenters. The lowest BCUT2D eigenvalue weighted by molar-refractivity contribution is -0.142. The number of aliphatic hydroxyl groups excluding tert-OH is 1. The average molecular weight is 434 g/mol. The molecule has 0 aliphatic carbocycles. The summed E-state index contributed by atoms with van der Waals surface area (Å²) in [6.45, 7) is -0.790. The molecule has 2 aromatic rings. The first-order valence-corrected chi connectivity index (χ1v) is 10.4. The predicted molar refractivity (Wildman–Crippen MR) is 112 cm³/mol. The van der Waals surface area contributed by atoms with Crippen LogP contribution in [0.15, 0.2) is 60.7 Å². The van der Waals surface area contributed by atoms with Crippen LogP contribution in [0.4, 0.5) is 0 Å². The van der Waals surface area contributed by atoms with Gasteiger partial charge in [-0.25, -0.2) is 4.79 Å². The topological polar surface area (TPSA) is 121 Å².